The number of aliphatic hydroxyl groups excluding tert-OH is 3. The van der Waals surface area contributed by atoms with E-state index in [-0.39, 0.29) is 71.5 Å². The smallest absolute Gasteiger partial charge is 0.244 e. The Morgan fingerprint density at radius 3 is 1.62 bits per heavy atom. The Bertz CT molecular complexity index is 1160. The van der Waals surface area contributed by atoms with Crippen LogP contribution >= 0.6 is 33.2 Å². The summed E-state index contributed by atoms with van der Waals surface area (Å²) in [6.45, 7) is 1.10. The Kier molecular flexibility index (Phi) is 29.9. The van der Waals surface area contributed by atoms with Gasteiger partial charge < -0.3 is 52.7 Å². The molecule has 6 amide bonds. The van der Waals surface area contributed by atoms with E-state index >= 15 is 0 Å². The molecule has 0 aliphatic carbocycles. The van der Waals surface area contributed by atoms with Crippen LogP contribution in [0.4, 0.5) is 0 Å². The number of phenols is 1. The van der Waals surface area contributed by atoms with Gasteiger partial charge in [-0.15, -0.1) is 7.92 Å². The van der Waals surface area contributed by atoms with Crippen LogP contribution in [0.5, 0.6) is 5.75 Å². The SMILES string of the molecule is CC(=O)N[C@@H](Cc1ccc(O)cc1)C(=O)NCC(=O)N[C@@H](CS)C(=O)N[C@@H](CS)C(=O)NCC(N)=O.OCCCP(CCCO)CCCO.[99Tc]. The third-order valence-corrected chi connectivity index (χ3v) is 10.1. The summed E-state index contributed by atoms with van der Waals surface area (Å²) in [7, 11) is -0.0583. The Balaban J connectivity index is 0. The summed E-state index contributed by atoms with van der Waals surface area (Å²) in [5.74, 6) is -4.17. The molecule has 0 aromatic heterocycles. The van der Waals surface area contributed by atoms with E-state index in [4.69, 9.17) is 21.1 Å². The summed E-state index contributed by atoms with van der Waals surface area (Å²) >= 11 is 8.03. The average Bonchev–Trinajstić information content (AvgIpc) is 3.07. The fourth-order valence-corrected chi connectivity index (χ4v) is 6.99. The van der Waals surface area contributed by atoms with Gasteiger partial charge in [0.1, 0.15) is 23.9 Å². The second kappa shape index (κ2) is 30.2. The van der Waals surface area contributed by atoms with Crippen molar-refractivity contribution in [2.45, 2.75) is 50.7 Å². The van der Waals surface area contributed by atoms with Crippen LogP contribution in [-0.4, -0.2) is 137 Å². The zero-order chi connectivity index (χ0) is 37.2. The van der Waals surface area contributed by atoms with E-state index in [1.165, 1.54) is 19.1 Å². The summed E-state index contributed by atoms with van der Waals surface area (Å²) in [6.07, 6.45) is 5.93. The minimum Gasteiger partial charge on any atom is -0.508 e. The van der Waals surface area contributed by atoms with Gasteiger partial charge in [-0.2, -0.15) is 25.3 Å². The number of primary amides is 1. The van der Waals surface area contributed by atoms with Gasteiger partial charge in [-0.1, -0.05) is 12.1 Å². The van der Waals surface area contributed by atoms with Crippen LogP contribution in [0.1, 0.15) is 31.7 Å². The standard InChI is InChI=1S/C21H30N6O7S2.C9H21O3P.Tc/c1-11(28)25-14(6-12-2-4-13(29)5-3-12)19(32)24-8-18(31)26-16(10-36)21(34)27-15(9-35)20(33)23-7-17(22)30;10-4-1-7-13(8-2-5-11)9-3-6-12;/h2-5,14-16,29,35-36H,6-10H2,1H3,(H2,22,30)(H,23,33)(H,24,32)(H,25,28)(H,26,31)(H,27,34);10-12H,1-9H2;/t14-,15-,16-;;/m0../s1/i;;1+1. The van der Waals surface area contributed by atoms with Crippen molar-refractivity contribution in [1.82, 2.24) is 26.6 Å². The molecule has 0 saturated carbocycles. The van der Waals surface area contributed by atoms with E-state index in [0.717, 1.165) is 37.7 Å². The maximum absolute atomic E-state index is 12.6. The van der Waals surface area contributed by atoms with Crippen molar-refractivity contribution in [3.05, 3.63) is 29.8 Å². The largest absolute Gasteiger partial charge is 0.508 e. The molecule has 16 nitrogen and oxygen atoms in total. The van der Waals surface area contributed by atoms with Crippen LogP contribution < -0.4 is 32.3 Å². The second-order valence-electron chi connectivity index (χ2n) is 10.6. The molecule has 1 rings (SSSR count). The number of carbonyl (C=O) groups is 6. The maximum atomic E-state index is 12.6. The number of benzene rings is 1. The van der Waals surface area contributed by atoms with E-state index in [9.17, 15) is 33.9 Å². The van der Waals surface area contributed by atoms with Crippen molar-refractivity contribution in [2.75, 3.05) is 62.9 Å². The van der Waals surface area contributed by atoms with Crippen molar-refractivity contribution >= 4 is 68.6 Å². The number of aromatic hydroxyl groups is 1. The molecule has 3 atom stereocenters. The van der Waals surface area contributed by atoms with Gasteiger partial charge in [-0.05, 0) is 55.4 Å². The number of thiol groups is 2. The van der Waals surface area contributed by atoms with E-state index in [2.05, 4.69) is 51.8 Å². The summed E-state index contributed by atoms with van der Waals surface area (Å²) in [5, 5.41) is 47.3. The van der Waals surface area contributed by atoms with Gasteiger partial charge in [-0.3, -0.25) is 28.8 Å². The molecule has 11 N–H and O–H groups in total. The van der Waals surface area contributed by atoms with Crippen molar-refractivity contribution in [1.29, 1.82) is 0 Å². The first kappa shape index (κ1) is 49.6. The van der Waals surface area contributed by atoms with Gasteiger partial charge in [-0.25, -0.2) is 0 Å². The normalized spacial score (nSPS) is 12.1. The fraction of sp³-hybridized carbons (Fsp3) is 0.600. The van der Waals surface area contributed by atoms with Gasteiger partial charge in [0.25, 0.3) is 0 Å². The molecular weight excluding hydrogens is 798 g/mol. The van der Waals surface area contributed by atoms with E-state index in [0.29, 0.717) is 5.56 Å². The molecule has 0 spiro atoms. The molecule has 20 heteroatoms. The third-order valence-electron chi connectivity index (χ3n) is 6.48. The zero-order valence-electron chi connectivity index (χ0n) is 28.0. The molecule has 1 aromatic rings. The molecule has 0 aliphatic rings. The summed E-state index contributed by atoms with van der Waals surface area (Å²) in [5.41, 5.74) is 5.63. The van der Waals surface area contributed by atoms with Crippen molar-refractivity contribution in [3.63, 3.8) is 0 Å². The van der Waals surface area contributed by atoms with Crippen molar-refractivity contribution < 1.29 is 69.3 Å². The van der Waals surface area contributed by atoms with Crippen LogP contribution in [0.3, 0.4) is 0 Å². The monoisotopic (exact) mass is 849 g/mol. The van der Waals surface area contributed by atoms with Gasteiger partial charge in [0.15, 0.2) is 0 Å². The molecule has 0 fully saturated rings. The predicted octanol–water partition coefficient (Wildman–Crippen LogP) is -2.40. The first-order valence-corrected chi connectivity index (χ1v) is 18.7. The van der Waals surface area contributed by atoms with Crippen LogP contribution in [0.25, 0.3) is 0 Å². The minimum absolute atomic E-state index is 0. The second-order valence-corrected chi connectivity index (χ2v) is 14.1. The van der Waals surface area contributed by atoms with Gasteiger partial charge in [0, 0.05) is 64.8 Å². The van der Waals surface area contributed by atoms with Crippen LogP contribution in [0.2, 0.25) is 0 Å². The number of rotatable bonds is 23. The molecule has 0 aliphatic heterocycles. The van der Waals surface area contributed by atoms with Crippen LogP contribution in [0.15, 0.2) is 24.3 Å². The molecule has 50 heavy (non-hydrogen) atoms. The maximum Gasteiger partial charge on any atom is 0.244 e. The van der Waals surface area contributed by atoms with E-state index in [1.54, 1.807) is 12.1 Å². The molecule has 285 valence electrons. The zero-order valence-corrected chi connectivity index (χ0v) is 32.5. The molecule has 1 radical (unpaired) electrons. The quantitative estimate of drug-likeness (QED) is 0.0410. The topological polar surface area (TPSA) is 270 Å². The minimum atomic E-state index is -1.15. The number of amides is 6. The number of aliphatic hydroxyl groups is 3. The fourth-order valence-electron chi connectivity index (χ4n) is 4.03. The average molecular weight is 850 g/mol. The number of hydrogen-bond acceptors (Lipinski definition) is 12. The van der Waals surface area contributed by atoms with Crippen molar-refractivity contribution in [3.8, 4) is 5.75 Å². The molecule has 0 bridgehead atoms. The summed E-state index contributed by atoms with van der Waals surface area (Å²) in [6, 6.07) is 2.82. The molecular formula is C30H51N6O10PS2Tc. The Morgan fingerprint density at radius 1 is 0.720 bits per heavy atom. The molecule has 1 aromatic carbocycles. The van der Waals surface area contributed by atoms with Crippen LogP contribution in [0, 0.1) is 0 Å². The number of phenolic OH excluding ortho intramolecular Hbond substituents is 1. The Hall–Kier alpha value is -2.50. The number of hydrogen-bond donors (Lipinski definition) is 12. The number of nitrogens with two attached hydrogens (primary N) is 1. The first-order chi connectivity index (χ1) is 23.3. The molecule has 0 saturated heterocycles. The Labute approximate surface area is 318 Å². The summed E-state index contributed by atoms with van der Waals surface area (Å²) in [4.78, 5) is 71.7. The van der Waals surface area contributed by atoms with E-state index in [1.807, 2.05) is 0 Å². The van der Waals surface area contributed by atoms with Crippen molar-refractivity contribution in [2.24, 2.45) is 5.73 Å². The predicted molar refractivity (Wildman–Crippen MR) is 193 cm³/mol. The van der Waals surface area contributed by atoms with E-state index < -0.39 is 66.7 Å². The Morgan fingerprint density at radius 2 is 1.18 bits per heavy atom. The van der Waals surface area contributed by atoms with Gasteiger partial charge in [0.2, 0.25) is 35.4 Å². The van der Waals surface area contributed by atoms with Gasteiger partial charge in [0.05, 0.1) is 13.1 Å². The molecule has 0 unspecified atom stereocenters. The van der Waals surface area contributed by atoms with Crippen LogP contribution in [-0.2, 0) is 55.3 Å². The van der Waals surface area contributed by atoms with Gasteiger partial charge >= 0.3 is 0 Å². The summed E-state index contributed by atoms with van der Waals surface area (Å²) < 4.78 is 0. The number of carbonyl (C=O) groups excluding carboxylic acids is 6. The third kappa shape index (κ3) is 23.8. The molecule has 0 heterocycles. The number of nitrogens with one attached hydrogen (secondary N) is 5. The first-order valence-electron chi connectivity index (χ1n) is 15.6.